The number of nitrogens with zero attached hydrogens (tertiary/aromatic N) is 2. The molecule has 0 amide bonds. The van der Waals surface area contributed by atoms with Crippen LogP contribution in [0.1, 0.15) is 64.7 Å². The molecule has 2 aliphatic carbocycles. The molecule has 2 aliphatic rings. The molecule has 2 N–H and O–H groups in total. The lowest BCUT2D eigenvalue weighted by Gasteiger charge is -2.26. The molecular formula is C14H27N3. The molecular weight excluding hydrogens is 210 g/mol. The van der Waals surface area contributed by atoms with Gasteiger partial charge in [0.2, 0.25) is 0 Å². The summed E-state index contributed by atoms with van der Waals surface area (Å²) in [7, 11) is 0. The zero-order valence-corrected chi connectivity index (χ0v) is 11.2. The largest absolute Gasteiger partial charge is 0.370 e. The van der Waals surface area contributed by atoms with Gasteiger partial charge in [0, 0.05) is 12.6 Å². The zero-order valence-electron chi connectivity index (χ0n) is 11.2. The van der Waals surface area contributed by atoms with E-state index in [4.69, 9.17) is 10.7 Å². The van der Waals surface area contributed by atoms with E-state index in [-0.39, 0.29) is 0 Å². The van der Waals surface area contributed by atoms with E-state index in [0.717, 1.165) is 12.5 Å². The molecule has 0 spiro atoms. The van der Waals surface area contributed by atoms with Crippen LogP contribution >= 0.6 is 0 Å². The molecule has 2 rings (SSSR count). The highest BCUT2D eigenvalue weighted by atomic mass is 15.3. The first kappa shape index (κ1) is 12.7. The fraction of sp³-hybridized carbons (Fsp3) is 0.929. The van der Waals surface area contributed by atoms with Crippen molar-refractivity contribution in [2.24, 2.45) is 10.7 Å². The number of unbranched alkanes of at least 4 members (excludes halogenated alkanes) is 1. The number of guanidine groups is 1. The molecule has 98 valence electrons. The fourth-order valence-electron chi connectivity index (χ4n) is 2.67. The van der Waals surface area contributed by atoms with Crippen molar-refractivity contribution in [3.8, 4) is 0 Å². The number of nitrogens with two attached hydrogens (primary N) is 1. The van der Waals surface area contributed by atoms with Crippen LogP contribution in [0.25, 0.3) is 0 Å². The molecule has 0 aliphatic heterocycles. The van der Waals surface area contributed by atoms with Gasteiger partial charge in [-0.25, -0.2) is 4.99 Å². The van der Waals surface area contributed by atoms with E-state index in [1.165, 1.54) is 57.8 Å². The van der Waals surface area contributed by atoms with E-state index in [1.54, 1.807) is 0 Å². The normalized spacial score (nSPS) is 22.8. The Balaban J connectivity index is 1.89. The first-order valence-electron chi connectivity index (χ1n) is 7.41. The molecule has 0 aromatic carbocycles. The molecule has 0 atom stereocenters. The predicted octanol–water partition coefficient (Wildman–Crippen LogP) is 2.90. The average Bonchev–Trinajstić information content (AvgIpc) is 3.15. The van der Waals surface area contributed by atoms with Crippen molar-refractivity contribution in [2.45, 2.75) is 76.8 Å². The fourth-order valence-corrected chi connectivity index (χ4v) is 2.67. The van der Waals surface area contributed by atoms with Gasteiger partial charge in [0.25, 0.3) is 0 Å². The van der Waals surface area contributed by atoms with E-state index in [9.17, 15) is 0 Å². The summed E-state index contributed by atoms with van der Waals surface area (Å²) in [4.78, 5) is 7.13. The summed E-state index contributed by atoms with van der Waals surface area (Å²) < 4.78 is 0. The van der Waals surface area contributed by atoms with Crippen LogP contribution < -0.4 is 5.73 Å². The molecule has 0 heterocycles. The molecule has 0 unspecified atom stereocenters. The van der Waals surface area contributed by atoms with Crippen molar-refractivity contribution in [1.82, 2.24) is 4.90 Å². The van der Waals surface area contributed by atoms with Crippen LogP contribution in [0.2, 0.25) is 0 Å². The summed E-state index contributed by atoms with van der Waals surface area (Å²) in [5.74, 6) is 0.827. The molecule has 17 heavy (non-hydrogen) atoms. The third-order valence-electron chi connectivity index (χ3n) is 3.92. The second kappa shape index (κ2) is 6.27. The lowest BCUT2D eigenvalue weighted by Crippen LogP contribution is -2.40. The van der Waals surface area contributed by atoms with Gasteiger partial charge in [-0.3, -0.25) is 0 Å². The smallest absolute Gasteiger partial charge is 0.191 e. The number of hydrogen-bond donors (Lipinski definition) is 1. The Kier molecular flexibility index (Phi) is 4.69. The second-order valence-corrected chi connectivity index (χ2v) is 5.56. The summed E-state index contributed by atoms with van der Waals surface area (Å²) in [6.07, 6.45) is 11.6. The third kappa shape index (κ3) is 3.90. The summed E-state index contributed by atoms with van der Waals surface area (Å²) in [6.45, 7) is 3.34. The molecule has 3 nitrogen and oxygen atoms in total. The number of rotatable bonds is 5. The van der Waals surface area contributed by atoms with Crippen LogP contribution in [0.5, 0.6) is 0 Å². The lowest BCUT2D eigenvalue weighted by molar-refractivity contribution is 0.382. The van der Waals surface area contributed by atoms with Gasteiger partial charge >= 0.3 is 0 Å². The van der Waals surface area contributed by atoms with Crippen molar-refractivity contribution in [1.29, 1.82) is 0 Å². The minimum atomic E-state index is 0.506. The molecule has 0 radical (unpaired) electrons. The maximum atomic E-state index is 6.21. The Morgan fingerprint density at radius 3 is 2.47 bits per heavy atom. The number of hydrogen-bond acceptors (Lipinski definition) is 1. The molecule has 0 saturated heterocycles. The van der Waals surface area contributed by atoms with Crippen molar-refractivity contribution in [2.75, 3.05) is 6.54 Å². The van der Waals surface area contributed by atoms with Gasteiger partial charge in [-0.1, -0.05) is 32.6 Å². The van der Waals surface area contributed by atoms with Crippen LogP contribution in [0.3, 0.4) is 0 Å². The molecule has 3 heteroatoms. The van der Waals surface area contributed by atoms with Crippen molar-refractivity contribution >= 4 is 5.96 Å². The molecule has 0 aromatic rings. The maximum absolute atomic E-state index is 6.21. The predicted molar refractivity (Wildman–Crippen MR) is 73.1 cm³/mol. The highest BCUT2D eigenvalue weighted by molar-refractivity contribution is 5.79. The minimum Gasteiger partial charge on any atom is -0.370 e. The van der Waals surface area contributed by atoms with E-state index >= 15 is 0 Å². The molecule has 2 saturated carbocycles. The van der Waals surface area contributed by atoms with Gasteiger partial charge in [-0.2, -0.15) is 0 Å². The summed E-state index contributed by atoms with van der Waals surface area (Å²) in [5, 5.41) is 0. The van der Waals surface area contributed by atoms with E-state index in [2.05, 4.69) is 11.8 Å². The SMILES string of the molecule is CCCCN(C(N)=NC1CCCCC1)C1CC1. The zero-order chi connectivity index (χ0) is 12.1. The minimum absolute atomic E-state index is 0.506. The van der Waals surface area contributed by atoms with Crippen LogP contribution in [0, 0.1) is 0 Å². The molecule has 0 aromatic heterocycles. The Hall–Kier alpha value is -0.730. The van der Waals surface area contributed by atoms with Crippen LogP contribution in [-0.2, 0) is 0 Å². The standard InChI is InChI=1S/C14H27N3/c1-2-3-11-17(13-9-10-13)14(15)16-12-7-5-4-6-8-12/h12-13H,2-11H2,1H3,(H2,15,16). The monoisotopic (exact) mass is 237 g/mol. The molecule has 2 fully saturated rings. The third-order valence-corrected chi connectivity index (χ3v) is 3.92. The van der Waals surface area contributed by atoms with Gasteiger partial charge in [0.05, 0.1) is 6.04 Å². The van der Waals surface area contributed by atoms with Gasteiger partial charge in [0.1, 0.15) is 0 Å². The van der Waals surface area contributed by atoms with Gasteiger partial charge in [-0.05, 0) is 32.1 Å². The van der Waals surface area contributed by atoms with Gasteiger partial charge in [-0.15, -0.1) is 0 Å². The lowest BCUT2D eigenvalue weighted by atomic mass is 9.96. The Bertz CT molecular complexity index is 252. The van der Waals surface area contributed by atoms with E-state index < -0.39 is 0 Å². The summed E-state index contributed by atoms with van der Waals surface area (Å²) in [6, 6.07) is 1.21. The van der Waals surface area contributed by atoms with Crippen molar-refractivity contribution < 1.29 is 0 Å². The Labute approximate surface area is 105 Å². The quantitative estimate of drug-likeness (QED) is 0.590. The average molecular weight is 237 g/mol. The first-order chi connectivity index (χ1) is 8.31. The summed E-state index contributed by atoms with van der Waals surface area (Å²) >= 11 is 0. The van der Waals surface area contributed by atoms with Crippen molar-refractivity contribution in [3.63, 3.8) is 0 Å². The Morgan fingerprint density at radius 2 is 1.88 bits per heavy atom. The Morgan fingerprint density at radius 1 is 1.18 bits per heavy atom. The molecule has 0 bridgehead atoms. The summed E-state index contributed by atoms with van der Waals surface area (Å²) in [5.41, 5.74) is 6.21. The maximum Gasteiger partial charge on any atom is 0.191 e. The highest BCUT2D eigenvalue weighted by Gasteiger charge is 2.30. The first-order valence-corrected chi connectivity index (χ1v) is 7.41. The van der Waals surface area contributed by atoms with Crippen LogP contribution in [0.4, 0.5) is 0 Å². The van der Waals surface area contributed by atoms with Crippen molar-refractivity contribution in [3.05, 3.63) is 0 Å². The van der Waals surface area contributed by atoms with Gasteiger partial charge in [0.15, 0.2) is 5.96 Å². The van der Waals surface area contributed by atoms with Gasteiger partial charge < -0.3 is 10.6 Å². The van der Waals surface area contributed by atoms with E-state index in [1.807, 2.05) is 0 Å². The van der Waals surface area contributed by atoms with Crippen LogP contribution in [-0.4, -0.2) is 29.5 Å². The second-order valence-electron chi connectivity index (χ2n) is 5.56. The number of aliphatic imine (C=N–C) groups is 1. The topological polar surface area (TPSA) is 41.6 Å². The highest BCUT2D eigenvalue weighted by Crippen LogP contribution is 2.27. The van der Waals surface area contributed by atoms with E-state index in [0.29, 0.717) is 12.1 Å². The van der Waals surface area contributed by atoms with Crippen LogP contribution in [0.15, 0.2) is 4.99 Å².